The van der Waals surface area contributed by atoms with Gasteiger partial charge in [0.1, 0.15) is 6.07 Å². The van der Waals surface area contributed by atoms with Gasteiger partial charge in [0.15, 0.2) is 16.1 Å². The third-order valence-electron chi connectivity index (χ3n) is 1.91. The van der Waals surface area contributed by atoms with Crippen LogP contribution in [0.15, 0.2) is 4.73 Å². The molecule has 1 aromatic rings. The van der Waals surface area contributed by atoms with Gasteiger partial charge in [0.2, 0.25) is 0 Å². The number of hydrogen-bond acceptors (Lipinski definition) is 4. The number of nitriles is 1. The third-order valence-corrected chi connectivity index (χ3v) is 2.52. The second-order valence-corrected chi connectivity index (χ2v) is 3.63. The number of halogens is 1. The van der Waals surface area contributed by atoms with E-state index in [1.807, 2.05) is 6.07 Å². The molecule has 0 fully saturated rings. The van der Waals surface area contributed by atoms with Crippen LogP contribution in [0.4, 0.5) is 0 Å². The summed E-state index contributed by atoms with van der Waals surface area (Å²) >= 11 is 3.18. The molecule has 1 heterocycles. The van der Waals surface area contributed by atoms with Gasteiger partial charge in [-0.1, -0.05) is 5.92 Å². The lowest BCUT2D eigenvalue weighted by Crippen LogP contribution is -2.08. The zero-order valence-electron chi connectivity index (χ0n) is 9.45. The number of nitrogens with zero attached hydrogens (tertiary/aromatic N) is 3. The van der Waals surface area contributed by atoms with Crippen molar-refractivity contribution in [2.45, 2.75) is 20.4 Å². The van der Waals surface area contributed by atoms with E-state index in [9.17, 15) is 4.79 Å². The molecule has 0 N–H and O–H groups in total. The maximum absolute atomic E-state index is 11.6. The van der Waals surface area contributed by atoms with Gasteiger partial charge in [-0.2, -0.15) is 5.26 Å². The van der Waals surface area contributed by atoms with Crippen molar-refractivity contribution >= 4 is 21.9 Å². The van der Waals surface area contributed by atoms with Crippen LogP contribution in [0.3, 0.4) is 0 Å². The fourth-order valence-electron chi connectivity index (χ4n) is 1.18. The first kappa shape index (κ1) is 13.3. The molecular weight excluding hydrogens is 286 g/mol. The van der Waals surface area contributed by atoms with Crippen LogP contribution in [0.2, 0.25) is 0 Å². The van der Waals surface area contributed by atoms with E-state index in [0.717, 1.165) is 0 Å². The van der Waals surface area contributed by atoms with Crippen molar-refractivity contribution in [3.63, 3.8) is 0 Å². The van der Waals surface area contributed by atoms with Crippen LogP contribution in [0.25, 0.3) is 0 Å². The van der Waals surface area contributed by atoms with Crippen LogP contribution in [0.5, 0.6) is 0 Å². The molecule has 0 saturated carbocycles. The van der Waals surface area contributed by atoms with Crippen LogP contribution in [-0.4, -0.2) is 22.1 Å². The predicted molar refractivity (Wildman–Crippen MR) is 64.0 cm³/mol. The molecular formula is C11H10BrN3O2. The van der Waals surface area contributed by atoms with Crippen molar-refractivity contribution in [3.05, 3.63) is 16.1 Å². The number of esters is 1. The Morgan fingerprint density at radius 2 is 2.35 bits per heavy atom. The van der Waals surface area contributed by atoms with Crippen LogP contribution >= 0.6 is 15.9 Å². The Hall–Kier alpha value is -1.79. The van der Waals surface area contributed by atoms with Gasteiger partial charge in [-0.3, -0.25) is 4.57 Å². The highest BCUT2D eigenvalue weighted by atomic mass is 79.9. The maximum Gasteiger partial charge on any atom is 0.360 e. The monoisotopic (exact) mass is 295 g/mol. The summed E-state index contributed by atoms with van der Waals surface area (Å²) in [6, 6.07) is 1.94. The first-order valence-electron chi connectivity index (χ1n) is 4.88. The quantitative estimate of drug-likeness (QED) is 0.629. The van der Waals surface area contributed by atoms with Crippen molar-refractivity contribution in [3.8, 4) is 17.9 Å². The molecule has 88 valence electrons. The molecule has 0 aromatic carbocycles. The van der Waals surface area contributed by atoms with Crippen molar-refractivity contribution < 1.29 is 9.53 Å². The largest absolute Gasteiger partial charge is 0.461 e. The number of carbonyl (C=O) groups excluding carboxylic acids is 1. The summed E-state index contributed by atoms with van der Waals surface area (Å²) < 4.78 is 6.73. The summed E-state index contributed by atoms with van der Waals surface area (Å²) in [5, 5.41) is 9.04. The molecule has 0 atom stereocenters. The lowest BCUT2D eigenvalue weighted by molar-refractivity contribution is 0.0519. The molecule has 0 saturated heterocycles. The molecule has 6 heteroatoms. The van der Waals surface area contributed by atoms with Gasteiger partial charge in [0.25, 0.3) is 0 Å². The van der Waals surface area contributed by atoms with E-state index in [4.69, 9.17) is 10.00 Å². The lowest BCUT2D eigenvalue weighted by Gasteiger charge is -2.00. The number of hydrogen-bond donors (Lipinski definition) is 0. The Morgan fingerprint density at radius 3 is 2.88 bits per heavy atom. The molecule has 0 bridgehead atoms. The number of imidazole rings is 1. The summed E-state index contributed by atoms with van der Waals surface area (Å²) in [5.74, 6) is 4.91. The maximum atomic E-state index is 11.6. The topological polar surface area (TPSA) is 67.9 Å². The molecule has 0 spiro atoms. The molecule has 5 nitrogen and oxygen atoms in total. The molecule has 1 aromatic heterocycles. The average molecular weight is 296 g/mol. The second-order valence-electron chi connectivity index (χ2n) is 2.92. The zero-order chi connectivity index (χ0) is 12.8. The van der Waals surface area contributed by atoms with E-state index in [0.29, 0.717) is 11.3 Å². The van der Waals surface area contributed by atoms with Crippen LogP contribution < -0.4 is 0 Å². The highest BCUT2D eigenvalue weighted by Crippen LogP contribution is 2.17. The highest BCUT2D eigenvalue weighted by Gasteiger charge is 2.21. The highest BCUT2D eigenvalue weighted by molar-refractivity contribution is 9.10. The van der Waals surface area contributed by atoms with E-state index in [1.165, 1.54) is 4.57 Å². The Labute approximate surface area is 108 Å². The van der Waals surface area contributed by atoms with E-state index in [2.05, 4.69) is 32.8 Å². The molecule has 0 aliphatic rings. The van der Waals surface area contributed by atoms with E-state index in [1.54, 1.807) is 13.8 Å². The van der Waals surface area contributed by atoms with E-state index in [-0.39, 0.29) is 18.0 Å². The van der Waals surface area contributed by atoms with Crippen molar-refractivity contribution in [1.29, 1.82) is 5.26 Å². The van der Waals surface area contributed by atoms with Gasteiger partial charge in [0, 0.05) is 0 Å². The number of carbonyl (C=O) groups is 1. The van der Waals surface area contributed by atoms with Gasteiger partial charge in [-0.25, -0.2) is 9.78 Å². The minimum atomic E-state index is -0.604. The van der Waals surface area contributed by atoms with E-state index < -0.39 is 5.97 Å². The average Bonchev–Trinajstić information content (AvgIpc) is 2.63. The van der Waals surface area contributed by atoms with E-state index >= 15 is 0 Å². The summed E-state index contributed by atoms with van der Waals surface area (Å²) in [7, 11) is 0. The number of rotatable bonds is 3. The molecule has 0 amide bonds. The Kier molecular flexibility index (Phi) is 4.74. The van der Waals surface area contributed by atoms with Gasteiger partial charge in [0.05, 0.1) is 13.2 Å². The SMILES string of the molecule is CC#CCn1c(Br)nc(C(=O)OCC)c1C#N. The fraction of sp³-hybridized carbons (Fsp3) is 0.364. The Morgan fingerprint density at radius 1 is 1.65 bits per heavy atom. The van der Waals surface area contributed by atoms with Gasteiger partial charge in [-0.15, -0.1) is 5.92 Å². The number of ether oxygens (including phenoxy) is 1. The van der Waals surface area contributed by atoms with Crippen LogP contribution in [0.1, 0.15) is 30.0 Å². The Balaban J connectivity index is 3.20. The standard InChI is InChI=1S/C11H10BrN3O2/c1-3-5-6-15-8(7-13)9(14-11(15)12)10(16)17-4-2/h4,6H2,1-2H3. The summed E-state index contributed by atoms with van der Waals surface area (Å²) in [4.78, 5) is 15.5. The van der Waals surface area contributed by atoms with Crippen molar-refractivity contribution in [2.75, 3.05) is 6.61 Å². The van der Waals surface area contributed by atoms with Gasteiger partial charge >= 0.3 is 5.97 Å². The fourth-order valence-corrected chi connectivity index (χ4v) is 1.66. The van der Waals surface area contributed by atoms with Crippen LogP contribution in [-0.2, 0) is 11.3 Å². The first-order chi connectivity index (χ1) is 8.15. The summed E-state index contributed by atoms with van der Waals surface area (Å²) in [6.45, 7) is 3.93. The molecule has 0 unspecified atom stereocenters. The predicted octanol–water partition coefficient (Wildman–Crippen LogP) is 1.72. The smallest absolute Gasteiger partial charge is 0.360 e. The van der Waals surface area contributed by atoms with Crippen LogP contribution in [0, 0.1) is 23.2 Å². The lowest BCUT2D eigenvalue weighted by atomic mass is 10.3. The third kappa shape index (κ3) is 2.86. The minimum Gasteiger partial charge on any atom is -0.461 e. The van der Waals surface area contributed by atoms with Gasteiger partial charge < -0.3 is 4.74 Å². The Bertz CT molecular complexity index is 531. The molecule has 0 radical (unpaired) electrons. The zero-order valence-corrected chi connectivity index (χ0v) is 11.0. The number of aromatic nitrogens is 2. The van der Waals surface area contributed by atoms with Gasteiger partial charge in [-0.05, 0) is 29.8 Å². The first-order valence-corrected chi connectivity index (χ1v) is 5.67. The second kappa shape index (κ2) is 6.07. The van der Waals surface area contributed by atoms with Crippen molar-refractivity contribution in [2.24, 2.45) is 0 Å². The molecule has 0 aliphatic carbocycles. The summed E-state index contributed by atoms with van der Waals surface area (Å²) in [5.41, 5.74) is 0.164. The molecule has 17 heavy (non-hydrogen) atoms. The molecule has 0 aliphatic heterocycles. The minimum absolute atomic E-state index is 0.0131. The molecule has 1 rings (SSSR count). The van der Waals surface area contributed by atoms with Crippen molar-refractivity contribution in [1.82, 2.24) is 9.55 Å². The summed E-state index contributed by atoms with van der Waals surface area (Å²) in [6.07, 6.45) is 0. The normalized spacial score (nSPS) is 9.06.